The van der Waals surface area contributed by atoms with Crippen LogP contribution < -0.4 is 13.8 Å². The van der Waals surface area contributed by atoms with Crippen molar-refractivity contribution in [3.63, 3.8) is 0 Å². The van der Waals surface area contributed by atoms with Gasteiger partial charge in [0, 0.05) is 24.1 Å². The van der Waals surface area contributed by atoms with Crippen molar-refractivity contribution < 1.29 is 22.7 Å². The van der Waals surface area contributed by atoms with E-state index in [9.17, 15) is 13.2 Å². The van der Waals surface area contributed by atoms with Crippen LogP contribution in [0, 0.1) is 0 Å². The molecule has 0 aliphatic rings. The molecular formula is C25H24N2O5S. The van der Waals surface area contributed by atoms with E-state index < -0.39 is 10.0 Å². The van der Waals surface area contributed by atoms with Crippen molar-refractivity contribution in [2.45, 2.75) is 17.7 Å². The van der Waals surface area contributed by atoms with Gasteiger partial charge in [-0.15, -0.1) is 0 Å². The molecule has 0 saturated heterocycles. The van der Waals surface area contributed by atoms with Crippen LogP contribution >= 0.6 is 0 Å². The third-order valence-corrected chi connectivity index (χ3v) is 7.22. The number of hydrogen-bond donors (Lipinski definition) is 1. The third-order valence-electron chi connectivity index (χ3n) is 5.42. The molecule has 3 aromatic carbocycles. The second-order valence-electron chi connectivity index (χ2n) is 7.48. The molecule has 0 amide bonds. The minimum Gasteiger partial charge on any atom is -0.497 e. The van der Waals surface area contributed by atoms with E-state index in [0.29, 0.717) is 23.6 Å². The molecule has 7 nitrogen and oxygen atoms in total. The second kappa shape index (κ2) is 9.38. The van der Waals surface area contributed by atoms with Gasteiger partial charge in [-0.3, -0.25) is 9.10 Å². The van der Waals surface area contributed by atoms with Gasteiger partial charge in [0.1, 0.15) is 11.5 Å². The number of benzene rings is 3. The maximum Gasteiger partial charge on any atom is 0.311 e. The molecule has 1 N–H and O–H groups in total. The fraction of sp³-hybridized carbons (Fsp3) is 0.160. The van der Waals surface area contributed by atoms with Crippen LogP contribution in [0.5, 0.6) is 11.5 Å². The summed E-state index contributed by atoms with van der Waals surface area (Å²) in [6.07, 6.45) is 2.70. The Hall–Kier alpha value is -3.78. The highest BCUT2D eigenvalue weighted by atomic mass is 32.2. The Morgan fingerprint density at radius 1 is 0.939 bits per heavy atom. The molecule has 8 heteroatoms. The first-order valence-corrected chi connectivity index (χ1v) is 11.8. The fourth-order valence-electron chi connectivity index (χ4n) is 3.53. The zero-order valence-corrected chi connectivity index (χ0v) is 19.1. The highest BCUT2D eigenvalue weighted by molar-refractivity contribution is 7.92. The molecule has 1 aromatic heterocycles. The lowest BCUT2D eigenvalue weighted by Crippen LogP contribution is -2.26. The smallest absolute Gasteiger partial charge is 0.311 e. The highest BCUT2D eigenvalue weighted by Crippen LogP contribution is 2.26. The van der Waals surface area contributed by atoms with E-state index in [1.807, 2.05) is 30.5 Å². The molecule has 0 fully saturated rings. The number of fused-ring (bicyclic) bond motifs is 1. The van der Waals surface area contributed by atoms with Crippen LogP contribution in [0.1, 0.15) is 12.0 Å². The van der Waals surface area contributed by atoms with Crippen LogP contribution in [-0.2, 0) is 21.2 Å². The summed E-state index contributed by atoms with van der Waals surface area (Å²) in [4.78, 5) is 15.7. The molecule has 4 rings (SSSR count). The van der Waals surface area contributed by atoms with E-state index in [0.717, 1.165) is 16.5 Å². The number of nitrogens with zero attached hydrogens (tertiary/aromatic N) is 1. The van der Waals surface area contributed by atoms with Gasteiger partial charge in [-0.2, -0.15) is 0 Å². The van der Waals surface area contributed by atoms with Crippen LogP contribution in [0.25, 0.3) is 10.9 Å². The first-order valence-electron chi connectivity index (χ1n) is 10.4. The Morgan fingerprint density at radius 3 is 2.30 bits per heavy atom. The number of aromatic nitrogens is 1. The minimum absolute atomic E-state index is 0.151. The first-order chi connectivity index (χ1) is 15.9. The van der Waals surface area contributed by atoms with Crippen LogP contribution in [0.3, 0.4) is 0 Å². The van der Waals surface area contributed by atoms with Gasteiger partial charge in [0.15, 0.2) is 0 Å². The van der Waals surface area contributed by atoms with Gasteiger partial charge in [0.2, 0.25) is 0 Å². The number of para-hydroxylation sites is 1. The lowest BCUT2D eigenvalue weighted by molar-refractivity contribution is -0.134. The maximum atomic E-state index is 12.9. The molecule has 33 heavy (non-hydrogen) atoms. The van der Waals surface area contributed by atoms with Gasteiger partial charge in [0.05, 0.1) is 24.1 Å². The van der Waals surface area contributed by atoms with E-state index in [1.54, 1.807) is 36.4 Å². The second-order valence-corrected chi connectivity index (χ2v) is 9.44. The molecule has 0 bridgehead atoms. The summed E-state index contributed by atoms with van der Waals surface area (Å²) < 4.78 is 37.4. The number of carbonyl (C=O) groups excluding carboxylic acids is 1. The van der Waals surface area contributed by atoms with Crippen molar-refractivity contribution in [3.05, 3.63) is 84.6 Å². The van der Waals surface area contributed by atoms with Crippen LogP contribution in [0.4, 0.5) is 5.69 Å². The number of aryl methyl sites for hydroxylation is 1. The molecule has 0 saturated carbocycles. The monoisotopic (exact) mass is 464 g/mol. The Kier molecular flexibility index (Phi) is 6.37. The van der Waals surface area contributed by atoms with Crippen molar-refractivity contribution in [1.82, 2.24) is 4.98 Å². The Balaban J connectivity index is 1.38. The standard InChI is InChI=1S/C25H24N2O5S/c1-27(33(29,30)22-14-12-20(31-2)13-15-22)19-8-10-21(11-9-19)32-25(28)16-7-18-17-26-24-6-4-3-5-23(18)24/h3-6,8-15,17,26H,7,16H2,1-2H3. The highest BCUT2D eigenvalue weighted by Gasteiger charge is 2.21. The summed E-state index contributed by atoms with van der Waals surface area (Å²) in [5.41, 5.74) is 2.54. The van der Waals surface area contributed by atoms with Crippen LogP contribution in [-0.4, -0.2) is 33.5 Å². The van der Waals surface area contributed by atoms with Crippen LogP contribution in [0.15, 0.2) is 83.9 Å². The van der Waals surface area contributed by atoms with Crippen LogP contribution in [0.2, 0.25) is 0 Å². The molecule has 0 atom stereocenters. The lowest BCUT2D eigenvalue weighted by atomic mass is 10.1. The first kappa shape index (κ1) is 22.4. The Bertz CT molecular complexity index is 1360. The number of carbonyl (C=O) groups is 1. The maximum absolute atomic E-state index is 12.9. The largest absolute Gasteiger partial charge is 0.497 e. The minimum atomic E-state index is -3.74. The number of anilines is 1. The predicted octanol–water partition coefficient (Wildman–Crippen LogP) is 4.54. The van der Waals surface area contributed by atoms with Gasteiger partial charge in [-0.1, -0.05) is 18.2 Å². The van der Waals surface area contributed by atoms with Gasteiger partial charge in [0.25, 0.3) is 10.0 Å². The van der Waals surface area contributed by atoms with Crippen molar-refractivity contribution in [2.24, 2.45) is 0 Å². The lowest BCUT2D eigenvalue weighted by Gasteiger charge is -2.20. The summed E-state index contributed by atoms with van der Waals surface area (Å²) in [5.74, 6) is 0.581. The van der Waals surface area contributed by atoms with Crippen molar-refractivity contribution >= 4 is 32.6 Å². The number of ether oxygens (including phenoxy) is 2. The number of methoxy groups -OCH3 is 1. The number of sulfonamides is 1. The molecule has 0 aliphatic heterocycles. The average Bonchev–Trinajstić information content (AvgIpc) is 3.26. The molecule has 0 radical (unpaired) electrons. The molecule has 0 unspecified atom stereocenters. The molecule has 0 aliphatic carbocycles. The fourth-order valence-corrected chi connectivity index (χ4v) is 4.72. The number of esters is 1. The van der Waals surface area contributed by atoms with Crippen molar-refractivity contribution in [1.29, 1.82) is 0 Å². The van der Waals surface area contributed by atoms with Gasteiger partial charge in [-0.25, -0.2) is 8.42 Å². The van der Waals surface area contributed by atoms with Gasteiger partial charge in [-0.05, 0) is 66.6 Å². The summed E-state index contributed by atoms with van der Waals surface area (Å²) in [6, 6.07) is 20.5. The average molecular weight is 465 g/mol. The van der Waals surface area contributed by atoms with E-state index in [1.165, 1.54) is 30.6 Å². The summed E-state index contributed by atoms with van der Waals surface area (Å²) >= 11 is 0. The normalized spacial score (nSPS) is 11.3. The third kappa shape index (κ3) is 4.85. The summed E-state index contributed by atoms with van der Waals surface area (Å²) in [7, 11) is -0.743. The summed E-state index contributed by atoms with van der Waals surface area (Å²) in [6.45, 7) is 0. The number of aromatic amines is 1. The molecule has 0 spiro atoms. The van der Waals surface area contributed by atoms with E-state index in [2.05, 4.69) is 4.98 Å². The number of nitrogens with one attached hydrogen (secondary N) is 1. The van der Waals surface area contributed by atoms with Gasteiger partial charge < -0.3 is 14.5 Å². The zero-order chi connectivity index (χ0) is 23.4. The van der Waals surface area contributed by atoms with Crippen molar-refractivity contribution in [3.8, 4) is 11.5 Å². The van der Waals surface area contributed by atoms with E-state index in [-0.39, 0.29) is 17.3 Å². The number of rotatable bonds is 8. The number of hydrogen-bond acceptors (Lipinski definition) is 5. The quantitative estimate of drug-likeness (QED) is 0.306. The molecule has 4 aromatic rings. The molecule has 1 heterocycles. The Morgan fingerprint density at radius 2 is 1.61 bits per heavy atom. The summed E-state index contributed by atoms with van der Waals surface area (Å²) in [5, 5.41) is 1.09. The SMILES string of the molecule is COc1ccc(S(=O)(=O)N(C)c2ccc(OC(=O)CCc3c[nH]c4ccccc34)cc2)cc1. The van der Waals surface area contributed by atoms with Gasteiger partial charge >= 0.3 is 5.97 Å². The topological polar surface area (TPSA) is 88.7 Å². The molecular weight excluding hydrogens is 440 g/mol. The zero-order valence-electron chi connectivity index (χ0n) is 18.3. The number of H-pyrrole nitrogens is 1. The predicted molar refractivity (Wildman–Crippen MR) is 127 cm³/mol. The molecule has 170 valence electrons. The van der Waals surface area contributed by atoms with E-state index in [4.69, 9.17) is 9.47 Å². The Labute approximate surface area is 192 Å². The van der Waals surface area contributed by atoms with E-state index >= 15 is 0 Å². The van der Waals surface area contributed by atoms with Crippen molar-refractivity contribution in [2.75, 3.05) is 18.5 Å².